The molecule has 0 saturated carbocycles. The number of rotatable bonds is 4. The van der Waals surface area contributed by atoms with E-state index in [0.29, 0.717) is 18.0 Å². The fourth-order valence-corrected chi connectivity index (χ4v) is 2.16. The van der Waals surface area contributed by atoms with Gasteiger partial charge in [-0.25, -0.2) is 4.79 Å². The van der Waals surface area contributed by atoms with Crippen LogP contribution in [0.25, 0.3) is 11.4 Å². The van der Waals surface area contributed by atoms with Crippen LogP contribution in [0.2, 0.25) is 19.6 Å². The van der Waals surface area contributed by atoms with Crippen LogP contribution < -0.4 is 0 Å². The first kappa shape index (κ1) is 16.8. The minimum atomic E-state index is -1.45. The van der Waals surface area contributed by atoms with Crippen molar-refractivity contribution in [2.75, 3.05) is 6.61 Å². The number of carbonyl (C=O) groups excluding carboxylic acids is 1. The lowest BCUT2D eigenvalue weighted by atomic mass is 10.2. The number of nitrogens with zero attached hydrogens (tertiary/aromatic N) is 5. The van der Waals surface area contributed by atoms with E-state index in [1.165, 1.54) is 4.80 Å². The van der Waals surface area contributed by atoms with Gasteiger partial charge in [0.2, 0.25) is 5.82 Å². The Morgan fingerprint density at radius 1 is 1.35 bits per heavy atom. The van der Waals surface area contributed by atoms with E-state index >= 15 is 0 Å². The van der Waals surface area contributed by atoms with E-state index in [2.05, 4.69) is 51.5 Å². The van der Waals surface area contributed by atoms with Crippen molar-refractivity contribution in [1.29, 1.82) is 0 Å². The molecule has 0 fully saturated rings. The Bertz CT molecular complexity index is 755. The Morgan fingerprint density at radius 2 is 2.13 bits per heavy atom. The van der Waals surface area contributed by atoms with Crippen molar-refractivity contribution >= 4 is 14.0 Å². The minimum absolute atomic E-state index is 0.0661. The van der Waals surface area contributed by atoms with E-state index in [9.17, 15) is 4.79 Å². The number of esters is 1. The largest absolute Gasteiger partial charge is 0.465 e. The maximum absolute atomic E-state index is 11.4. The number of aromatic nitrogens is 5. The zero-order valence-corrected chi connectivity index (χ0v) is 14.7. The molecule has 0 aliphatic rings. The summed E-state index contributed by atoms with van der Waals surface area (Å²) in [6.07, 6.45) is 3.35. The Kier molecular flexibility index (Phi) is 5.23. The third-order valence-electron chi connectivity index (χ3n) is 2.61. The molecule has 2 aromatic rings. The Morgan fingerprint density at radius 3 is 2.83 bits per heavy atom. The highest BCUT2D eigenvalue weighted by Gasteiger charge is 2.11. The number of tetrazole rings is 1. The molecule has 0 bridgehead atoms. The van der Waals surface area contributed by atoms with Crippen LogP contribution in [0.3, 0.4) is 0 Å². The van der Waals surface area contributed by atoms with Gasteiger partial charge in [-0.15, -0.1) is 15.7 Å². The van der Waals surface area contributed by atoms with Gasteiger partial charge in [0.05, 0.1) is 6.61 Å². The molecule has 120 valence electrons. The van der Waals surface area contributed by atoms with Crippen LogP contribution >= 0.6 is 0 Å². The van der Waals surface area contributed by atoms with Crippen molar-refractivity contribution in [2.45, 2.75) is 33.1 Å². The van der Waals surface area contributed by atoms with Gasteiger partial charge in [-0.1, -0.05) is 25.6 Å². The van der Waals surface area contributed by atoms with E-state index in [1.54, 1.807) is 19.3 Å². The van der Waals surface area contributed by atoms with Crippen molar-refractivity contribution < 1.29 is 9.53 Å². The SMILES string of the molecule is CCOC(=O)Cn1nnc(-c2cncc(C#C[Si](C)(C)C)c2)n1. The molecule has 8 heteroatoms. The predicted octanol–water partition coefficient (Wildman–Crippen LogP) is 1.53. The molecule has 7 nitrogen and oxygen atoms in total. The second-order valence-electron chi connectivity index (χ2n) is 5.91. The summed E-state index contributed by atoms with van der Waals surface area (Å²) in [5.74, 6) is 3.15. The van der Waals surface area contributed by atoms with Crippen LogP contribution in [0.15, 0.2) is 18.5 Å². The third kappa shape index (κ3) is 5.30. The first-order chi connectivity index (χ1) is 10.9. The number of carbonyl (C=O) groups is 1. The highest BCUT2D eigenvalue weighted by atomic mass is 28.3. The number of hydrogen-bond donors (Lipinski definition) is 0. The average Bonchev–Trinajstić information content (AvgIpc) is 2.93. The molecule has 0 unspecified atom stereocenters. The minimum Gasteiger partial charge on any atom is -0.465 e. The summed E-state index contributed by atoms with van der Waals surface area (Å²) in [7, 11) is -1.45. The van der Waals surface area contributed by atoms with Gasteiger partial charge in [-0.05, 0) is 18.2 Å². The summed E-state index contributed by atoms with van der Waals surface area (Å²) in [5.41, 5.74) is 4.81. The fourth-order valence-electron chi connectivity index (χ4n) is 1.64. The summed E-state index contributed by atoms with van der Waals surface area (Å²) in [4.78, 5) is 16.8. The molecule has 0 aliphatic heterocycles. The molecule has 0 atom stereocenters. The van der Waals surface area contributed by atoms with Crippen molar-refractivity contribution in [3.63, 3.8) is 0 Å². The van der Waals surface area contributed by atoms with Crippen LogP contribution in [-0.2, 0) is 16.1 Å². The summed E-state index contributed by atoms with van der Waals surface area (Å²) in [6, 6.07) is 1.87. The smallest absolute Gasteiger partial charge is 0.329 e. The number of pyridine rings is 1. The lowest BCUT2D eigenvalue weighted by Gasteiger charge is -2.03. The van der Waals surface area contributed by atoms with E-state index in [0.717, 1.165) is 5.56 Å². The van der Waals surface area contributed by atoms with Gasteiger partial charge < -0.3 is 4.74 Å². The summed E-state index contributed by atoms with van der Waals surface area (Å²) in [6.45, 7) is 8.54. The molecule has 0 N–H and O–H groups in total. The zero-order valence-electron chi connectivity index (χ0n) is 13.7. The van der Waals surface area contributed by atoms with Gasteiger partial charge in [0.25, 0.3) is 0 Å². The van der Waals surface area contributed by atoms with Crippen LogP contribution in [0.4, 0.5) is 0 Å². The normalized spacial score (nSPS) is 10.8. The first-order valence-corrected chi connectivity index (χ1v) is 10.8. The molecular weight excluding hydrogens is 310 g/mol. The van der Waals surface area contributed by atoms with Crippen molar-refractivity contribution in [1.82, 2.24) is 25.2 Å². The molecule has 23 heavy (non-hydrogen) atoms. The molecule has 0 aliphatic carbocycles. The summed E-state index contributed by atoms with van der Waals surface area (Å²) in [5, 5.41) is 12.0. The Hall–Kier alpha value is -2.53. The lowest BCUT2D eigenvalue weighted by Crippen LogP contribution is -2.16. The van der Waals surface area contributed by atoms with Crippen LogP contribution in [0, 0.1) is 11.5 Å². The topological polar surface area (TPSA) is 82.8 Å². The van der Waals surface area contributed by atoms with Crippen molar-refractivity contribution in [2.24, 2.45) is 0 Å². The second kappa shape index (κ2) is 7.15. The molecule has 0 amide bonds. The standard InChI is InChI=1S/C15H19N5O2Si/c1-5-22-14(21)11-20-18-15(17-19-20)13-8-12(9-16-10-13)6-7-23(2,3)4/h8-10H,5,11H2,1-4H3. The van der Waals surface area contributed by atoms with E-state index in [-0.39, 0.29) is 6.54 Å². The van der Waals surface area contributed by atoms with Gasteiger partial charge in [-0.3, -0.25) is 4.98 Å². The van der Waals surface area contributed by atoms with Crippen LogP contribution in [0.1, 0.15) is 12.5 Å². The van der Waals surface area contributed by atoms with Gasteiger partial charge in [-0.2, -0.15) is 4.80 Å². The van der Waals surface area contributed by atoms with Gasteiger partial charge in [0.1, 0.15) is 8.07 Å². The fraction of sp³-hybridized carbons (Fsp3) is 0.400. The van der Waals surface area contributed by atoms with Gasteiger partial charge in [0, 0.05) is 23.5 Å². The molecule has 0 radical (unpaired) electrons. The van der Waals surface area contributed by atoms with Crippen LogP contribution in [0.5, 0.6) is 0 Å². The number of hydrogen-bond acceptors (Lipinski definition) is 6. The van der Waals surface area contributed by atoms with Crippen molar-refractivity contribution in [3.8, 4) is 22.9 Å². The average molecular weight is 329 g/mol. The van der Waals surface area contributed by atoms with Crippen molar-refractivity contribution in [3.05, 3.63) is 24.0 Å². The monoisotopic (exact) mass is 329 g/mol. The maximum atomic E-state index is 11.4. The molecule has 0 spiro atoms. The van der Waals surface area contributed by atoms with Gasteiger partial charge in [0.15, 0.2) is 6.54 Å². The van der Waals surface area contributed by atoms with E-state index in [1.807, 2.05) is 6.07 Å². The summed E-state index contributed by atoms with van der Waals surface area (Å²) < 4.78 is 4.85. The highest BCUT2D eigenvalue weighted by Crippen LogP contribution is 2.13. The van der Waals surface area contributed by atoms with Gasteiger partial charge >= 0.3 is 5.97 Å². The number of ether oxygens (including phenoxy) is 1. The molecular formula is C15H19N5O2Si. The molecule has 2 aromatic heterocycles. The van der Waals surface area contributed by atoms with E-state index < -0.39 is 14.0 Å². The predicted molar refractivity (Wildman–Crippen MR) is 87.9 cm³/mol. The zero-order chi connectivity index (χ0) is 16.9. The second-order valence-corrected chi connectivity index (χ2v) is 10.7. The maximum Gasteiger partial charge on any atom is 0.329 e. The lowest BCUT2D eigenvalue weighted by molar-refractivity contribution is -0.144. The first-order valence-electron chi connectivity index (χ1n) is 7.29. The van der Waals surface area contributed by atoms with E-state index in [4.69, 9.17) is 4.74 Å². The Balaban J connectivity index is 2.18. The summed E-state index contributed by atoms with van der Waals surface area (Å²) >= 11 is 0. The highest BCUT2D eigenvalue weighted by molar-refractivity contribution is 6.83. The quantitative estimate of drug-likeness (QED) is 0.480. The molecule has 2 heterocycles. The third-order valence-corrected chi connectivity index (χ3v) is 3.48. The van der Waals surface area contributed by atoms with Crippen LogP contribution in [-0.4, -0.2) is 45.8 Å². The molecule has 2 rings (SSSR count). The Labute approximate surface area is 136 Å². The molecule has 0 aromatic carbocycles. The molecule has 0 saturated heterocycles.